The smallest absolute Gasteiger partial charge is 0.237 e. The van der Waals surface area contributed by atoms with Crippen LogP contribution in [0.5, 0.6) is 0 Å². The average molecular weight is 241 g/mol. The van der Waals surface area contributed by atoms with Crippen LogP contribution in [-0.2, 0) is 0 Å². The van der Waals surface area contributed by atoms with E-state index in [-0.39, 0.29) is 0 Å². The Kier molecular flexibility index (Phi) is 2.63. The molecule has 0 aliphatic rings. The van der Waals surface area contributed by atoms with Gasteiger partial charge in [0.2, 0.25) is 5.69 Å². The van der Waals surface area contributed by atoms with Gasteiger partial charge in [0.1, 0.15) is 4.88 Å². The summed E-state index contributed by atoms with van der Waals surface area (Å²) in [7, 11) is 0. The Morgan fingerprint density at radius 2 is 2.20 bits per heavy atom. The van der Waals surface area contributed by atoms with E-state index in [1.54, 1.807) is 12.1 Å². The summed E-state index contributed by atoms with van der Waals surface area (Å²) in [6, 6.07) is 3.23. The molecular weight excluding hydrogens is 232 g/mol. The molecule has 78 valence electrons. The molecule has 0 aliphatic heterocycles. The molecule has 0 bridgehead atoms. The number of rotatable bonds is 1. The Balaban J connectivity index is 2.62. The highest BCUT2D eigenvalue weighted by atomic mass is 35.5. The summed E-state index contributed by atoms with van der Waals surface area (Å²) in [6.07, 6.45) is 1.41. The van der Waals surface area contributed by atoms with Crippen LogP contribution in [0.15, 0.2) is 18.3 Å². The molecule has 2 aromatic heterocycles. The van der Waals surface area contributed by atoms with Gasteiger partial charge in [0.15, 0.2) is 6.20 Å². The molecular formula is C10H9ClN2OS. The molecule has 0 aliphatic carbocycles. The third kappa shape index (κ3) is 1.96. The molecule has 5 heteroatoms. The summed E-state index contributed by atoms with van der Waals surface area (Å²) < 4.78 is 0.811. The maximum absolute atomic E-state index is 11.6. The Morgan fingerprint density at radius 1 is 1.47 bits per heavy atom. The lowest BCUT2D eigenvalue weighted by molar-refractivity contribution is -0.593. The van der Waals surface area contributed by atoms with Crippen molar-refractivity contribution >= 4 is 22.9 Å². The molecule has 15 heavy (non-hydrogen) atoms. The first kappa shape index (κ1) is 10.4. The lowest BCUT2D eigenvalue weighted by atomic mass is 10.3. The Labute approximate surface area is 96.6 Å². The van der Waals surface area contributed by atoms with Crippen molar-refractivity contribution in [2.75, 3.05) is 0 Å². The zero-order valence-electron chi connectivity index (χ0n) is 8.32. The van der Waals surface area contributed by atoms with E-state index in [1.165, 1.54) is 17.5 Å². The summed E-state index contributed by atoms with van der Waals surface area (Å²) in [6.45, 7) is 3.81. The summed E-state index contributed by atoms with van der Waals surface area (Å²) >= 11 is 7.36. The molecule has 0 fully saturated rings. The van der Waals surface area contributed by atoms with Gasteiger partial charge in [-0.1, -0.05) is 11.6 Å². The van der Waals surface area contributed by atoms with Crippen molar-refractivity contribution in [3.05, 3.63) is 39.3 Å². The molecule has 2 aromatic rings. The van der Waals surface area contributed by atoms with Crippen LogP contribution in [0.4, 0.5) is 0 Å². The van der Waals surface area contributed by atoms with E-state index < -0.39 is 0 Å². The molecule has 0 spiro atoms. The molecule has 0 aromatic carbocycles. The first-order valence-corrected chi connectivity index (χ1v) is 5.60. The molecule has 0 amide bonds. The monoisotopic (exact) mass is 240 g/mol. The van der Waals surface area contributed by atoms with Gasteiger partial charge in [-0.05, 0) is 13.8 Å². The SMILES string of the molecule is Cc1nc(C)c(-c2cc(Cl)cc[n+]2[O-])s1. The molecule has 0 saturated carbocycles. The van der Waals surface area contributed by atoms with E-state index in [1.807, 2.05) is 13.8 Å². The van der Waals surface area contributed by atoms with Gasteiger partial charge in [-0.15, -0.1) is 11.3 Å². The summed E-state index contributed by atoms with van der Waals surface area (Å²) in [5.41, 5.74) is 1.43. The third-order valence-electron chi connectivity index (χ3n) is 2.02. The Bertz CT molecular complexity index is 510. The number of hydrogen-bond acceptors (Lipinski definition) is 3. The molecule has 0 atom stereocenters. The number of aryl methyl sites for hydroxylation is 2. The highest BCUT2D eigenvalue weighted by Gasteiger charge is 2.15. The first-order valence-electron chi connectivity index (χ1n) is 4.41. The van der Waals surface area contributed by atoms with Crippen molar-refractivity contribution in [3.8, 4) is 10.6 Å². The van der Waals surface area contributed by atoms with Crippen molar-refractivity contribution in [3.63, 3.8) is 0 Å². The fourth-order valence-electron chi connectivity index (χ4n) is 1.40. The molecule has 0 N–H and O–H groups in total. The minimum Gasteiger partial charge on any atom is -0.618 e. The maximum atomic E-state index is 11.6. The van der Waals surface area contributed by atoms with E-state index in [4.69, 9.17) is 11.6 Å². The fraction of sp³-hybridized carbons (Fsp3) is 0.200. The number of aromatic nitrogens is 2. The van der Waals surface area contributed by atoms with Gasteiger partial charge in [-0.2, -0.15) is 4.73 Å². The molecule has 3 nitrogen and oxygen atoms in total. The van der Waals surface area contributed by atoms with Crippen LogP contribution < -0.4 is 4.73 Å². The van der Waals surface area contributed by atoms with Crippen molar-refractivity contribution in [2.45, 2.75) is 13.8 Å². The zero-order chi connectivity index (χ0) is 11.0. The van der Waals surface area contributed by atoms with Gasteiger partial charge < -0.3 is 5.21 Å². The minimum absolute atomic E-state index is 0.558. The van der Waals surface area contributed by atoms with Crippen LogP contribution in [0.2, 0.25) is 5.02 Å². The highest BCUT2D eigenvalue weighted by molar-refractivity contribution is 7.15. The predicted octanol–water partition coefficient (Wildman–Crippen LogP) is 2.71. The van der Waals surface area contributed by atoms with Crippen LogP contribution in [0.25, 0.3) is 10.6 Å². The third-order valence-corrected chi connectivity index (χ3v) is 3.35. The number of nitrogens with zero attached hydrogens (tertiary/aromatic N) is 2. The van der Waals surface area contributed by atoms with Crippen LogP contribution >= 0.6 is 22.9 Å². The van der Waals surface area contributed by atoms with Gasteiger partial charge in [0, 0.05) is 12.1 Å². The van der Waals surface area contributed by atoms with Crippen molar-refractivity contribution < 1.29 is 4.73 Å². The average Bonchev–Trinajstić information content (AvgIpc) is 2.50. The minimum atomic E-state index is 0.558. The van der Waals surface area contributed by atoms with Crippen molar-refractivity contribution in [2.24, 2.45) is 0 Å². The zero-order valence-corrected chi connectivity index (χ0v) is 9.89. The number of halogens is 1. The highest BCUT2D eigenvalue weighted by Crippen LogP contribution is 2.28. The van der Waals surface area contributed by atoms with Gasteiger partial charge in [0.05, 0.1) is 15.7 Å². The van der Waals surface area contributed by atoms with E-state index in [0.29, 0.717) is 10.7 Å². The summed E-state index contributed by atoms with van der Waals surface area (Å²) in [4.78, 5) is 5.16. The van der Waals surface area contributed by atoms with E-state index in [0.717, 1.165) is 20.3 Å². The Morgan fingerprint density at radius 3 is 2.80 bits per heavy atom. The second kappa shape index (κ2) is 3.79. The quantitative estimate of drug-likeness (QED) is 0.568. The van der Waals surface area contributed by atoms with E-state index in [9.17, 15) is 5.21 Å². The lowest BCUT2D eigenvalue weighted by Gasteiger charge is -2.02. The molecule has 2 rings (SSSR count). The fourth-order valence-corrected chi connectivity index (χ4v) is 2.48. The van der Waals surface area contributed by atoms with Crippen LogP contribution in [0.1, 0.15) is 10.7 Å². The number of hydrogen-bond donors (Lipinski definition) is 0. The molecule has 2 heterocycles. The van der Waals surface area contributed by atoms with Crippen LogP contribution in [-0.4, -0.2) is 4.98 Å². The van der Waals surface area contributed by atoms with Crippen LogP contribution in [0, 0.1) is 19.1 Å². The van der Waals surface area contributed by atoms with Gasteiger partial charge >= 0.3 is 0 Å². The first-order chi connectivity index (χ1) is 7.08. The summed E-state index contributed by atoms with van der Waals surface area (Å²) in [5.74, 6) is 0. The van der Waals surface area contributed by atoms with Crippen molar-refractivity contribution in [1.29, 1.82) is 0 Å². The molecule has 0 unspecified atom stereocenters. The predicted molar refractivity (Wildman–Crippen MR) is 61.0 cm³/mol. The molecule has 0 radical (unpaired) electrons. The van der Waals surface area contributed by atoms with Gasteiger partial charge in [0.25, 0.3) is 0 Å². The topological polar surface area (TPSA) is 39.8 Å². The largest absolute Gasteiger partial charge is 0.618 e. The molecule has 0 saturated heterocycles. The Hall–Kier alpha value is -1.13. The van der Waals surface area contributed by atoms with Gasteiger partial charge in [-0.25, -0.2) is 4.98 Å². The maximum Gasteiger partial charge on any atom is 0.237 e. The second-order valence-corrected chi connectivity index (χ2v) is 4.84. The van der Waals surface area contributed by atoms with Crippen molar-refractivity contribution in [1.82, 2.24) is 4.98 Å². The lowest BCUT2D eigenvalue weighted by Crippen LogP contribution is -2.27. The standard InChI is InChI=1S/C10H9ClN2OS/c1-6-10(15-7(2)12-6)9-5-8(11)3-4-13(9)14/h3-5H,1-2H3. The van der Waals surface area contributed by atoms with Gasteiger partial charge in [-0.3, -0.25) is 0 Å². The van der Waals surface area contributed by atoms with E-state index in [2.05, 4.69) is 4.98 Å². The number of pyridine rings is 1. The summed E-state index contributed by atoms with van der Waals surface area (Å²) in [5, 5.41) is 13.1. The number of thiazole rings is 1. The second-order valence-electron chi connectivity index (χ2n) is 3.20. The van der Waals surface area contributed by atoms with E-state index >= 15 is 0 Å². The normalized spacial score (nSPS) is 10.6. The van der Waals surface area contributed by atoms with Crippen LogP contribution in [0.3, 0.4) is 0 Å².